The predicted molar refractivity (Wildman–Crippen MR) is 78.9 cm³/mol. The van der Waals surface area contributed by atoms with E-state index in [4.69, 9.17) is 9.47 Å². The first kappa shape index (κ1) is 17.4. The average molecular weight is 298 g/mol. The van der Waals surface area contributed by atoms with E-state index in [1.165, 1.54) is 12.1 Å². The van der Waals surface area contributed by atoms with Crippen LogP contribution in [0.2, 0.25) is 0 Å². The summed E-state index contributed by atoms with van der Waals surface area (Å²) in [7, 11) is 1.56. The summed E-state index contributed by atoms with van der Waals surface area (Å²) in [5, 5.41) is 5.88. The molecule has 0 bridgehead atoms. The third-order valence-electron chi connectivity index (χ3n) is 2.94. The van der Waals surface area contributed by atoms with Crippen molar-refractivity contribution in [2.24, 2.45) is 0 Å². The van der Waals surface area contributed by atoms with Gasteiger partial charge in [0.2, 0.25) is 0 Å². The second-order valence-corrected chi connectivity index (χ2v) is 4.59. The molecule has 0 spiro atoms. The normalized spacial score (nSPS) is 12.0. The molecule has 118 valence electrons. The molecule has 1 aromatic carbocycles. The van der Waals surface area contributed by atoms with Gasteiger partial charge in [0.15, 0.2) is 6.61 Å². The fraction of sp³-hybridized carbons (Fsp3) is 0.533. The lowest BCUT2D eigenvalue weighted by atomic mass is 10.1. The Hall–Kier alpha value is -1.66. The Morgan fingerprint density at radius 2 is 2.19 bits per heavy atom. The summed E-state index contributed by atoms with van der Waals surface area (Å²) in [6, 6.07) is 4.36. The van der Waals surface area contributed by atoms with Crippen LogP contribution in [0.1, 0.15) is 25.5 Å². The van der Waals surface area contributed by atoms with Gasteiger partial charge in [0.05, 0.1) is 6.61 Å². The Morgan fingerprint density at radius 1 is 1.43 bits per heavy atom. The maximum Gasteiger partial charge on any atom is 0.258 e. The van der Waals surface area contributed by atoms with E-state index in [0.29, 0.717) is 18.9 Å². The van der Waals surface area contributed by atoms with Gasteiger partial charge in [0.1, 0.15) is 11.6 Å². The second kappa shape index (κ2) is 9.31. The number of ether oxygens (including phenoxy) is 2. The third-order valence-corrected chi connectivity index (χ3v) is 2.94. The maximum atomic E-state index is 13.4. The van der Waals surface area contributed by atoms with Crippen molar-refractivity contribution in [3.8, 4) is 5.75 Å². The summed E-state index contributed by atoms with van der Waals surface area (Å²) in [5.74, 6) is -0.277. The molecule has 0 heterocycles. The van der Waals surface area contributed by atoms with Crippen LogP contribution in [-0.2, 0) is 9.53 Å². The number of hydrogen-bond donors (Lipinski definition) is 2. The molecule has 0 saturated heterocycles. The van der Waals surface area contributed by atoms with Crippen molar-refractivity contribution in [1.82, 2.24) is 10.6 Å². The zero-order valence-electron chi connectivity index (χ0n) is 12.7. The number of carbonyl (C=O) groups is 1. The lowest BCUT2D eigenvalue weighted by molar-refractivity contribution is -0.123. The number of methoxy groups -OCH3 is 1. The Kier molecular flexibility index (Phi) is 7.71. The van der Waals surface area contributed by atoms with Crippen molar-refractivity contribution >= 4 is 5.91 Å². The first-order valence-corrected chi connectivity index (χ1v) is 6.99. The molecule has 0 aromatic heterocycles. The number of carbonyl (C=O) groups excluding carboxylic acids is 1. The van der Waals surface area contributed by atoms with E-state index in [0.717, 1.165) is 12.1 Å². The SMILES string of the molecule is CCNC(C)c1ccc(F)cc1OCC(=O)NCCOC. The van der Waals surface area contributed by atoms with Gasteiger partial charge in [-0.1, -0.05) is 13.0 Å². The fourth-order valence-electron chi connectivity index (χ4n) is 1.89. The maximum absolute atomic E-state index is 13.4. The van der Waals surface area contributed by atoms with Crippen molar-refractivity contribution in [1.29, 1.82) is 0 Å². The van der Waals surface area contributed by atoms with Crippen LogP contribution in [0.5, 0.6) is 5.75 Å². The molecule has 1 rings (SSSR count). The molecule has 0 fully saturated rings. The average Bonchev–Trinajstić information content (AvgIpc) is 2.45. The highest BCUT2D eigenvalue weighted by atomic mass is 19.1. The number of hydrogen-bond acceptors (Lipinski definition) is 4. The summed E-state index contributed by atoms with van der Waals surface area (Å²) in [5.41, 5.74) is 0.822. The fourth-order valence-corrected chi connectivity index (χ4v) is 1.89. The molecule has 0 aliphatic rings. The molecule has 5 nitrogen and oxygen atoms in total. The number of nitrogens with one attached hydrogen (secondary N) is 2. The number of benzene rings is 1. The van der Waals surface area contributed by atoms with E-state index in [1.54, 1.807) is 13.2 Å². The van der Waals surface area contributed by atoms with E-state index in [9.17, 15) is 9.18 Å². The Morgan fingerprint density at radius 3 is 2.86 bits per heavy atom. The molecule has 1 atom stereocenters. The van der Waals surface area contributed by atoms with Crippen molar-refractivity contribution in [3.05, 3.63) is 29.6 Å². The Bertz CT molecular complexity index is 455. The number of rotatable bonds is 9. The lowest BCUT2D eigenvalue weighted by Gasteiger charge is -2.17. The van der Waals surface area contributed by atoms with Crippen molar-refractivity contribution in [2.75, 3.05) is 33.4 Å². The molecule has 1 unspecified atom stereocenters. The zero-order chi connectivity index (χ0) is 15.7. The van der Waals surface area contributed by atoms with Gasteiger partial charge in [-0.2, -0.15) is 0 Å². The van der Waals surface area contributed by atoms with Crippen molar-refractivity contribution < 1.29 is 18.7 Å². The van der Waals surface area contributed by atoms with Crippen molar-refractivity contribution in [3.63, 3.8) is 0 Å². The van der Waals surface area contributed by atoms with Gasteiger partial charge in [0, 0.05) is 31.3 Å². The van der Waals surface area contributed by atoms with E-state index in [-0.39, 0.29) is 18.6 Å². The molecule has 6 heteroatoms. The van der Waals surface area contributed by atoms with Gasteiger partial charge in [-0.05, 0) is 19.5 Å². The first-order chi connectivity index (χ1) is 10.1. The summed E-state index contributed by atoms with van der Waals surface area (Å²) < 4.78 is 23.6. The van der Waals surface area contributed by atoms with Gasteiger partial charge in [-0.25, -0.2) is 4.39 Å². The first-order valence-electron chi connectivity index (χ1n) is 6.99. The second-order valence-electron chi connectivity index (χ2n) is 4.59. The standard InChI is InChI=1S/C15H23FN2O3/c1-4-17-11(2)13-6-5-12(16)9-14(13)21-10-15(19)18-7-8-20-3/h5-6,9,11,17H,4,7-8,10H2,1-3H3,(H,18,19). The van der Waals surface area contributed by atoms with Gasteiger partial charge in [-0.15, -0.1) is 0 Å². The highest BCUT2D eigenvalue weighted by molar-refractivity contribution is 5.77. The van der Waals surface area contributed by atoms with E-state index in [2.05, 4.69) is 10.6 Å². The molecule has 1 aromatic rings. The molecular formula is C15H23FN2O3. The van der Waals surface area contributed by atoms with Crippen LogP contribution in [0.15, 0.2) is 18.2 Å². The molecule has 21 heavy (non-hydrogen) atoms. The summed E-state index contributed by atoms with van der Waals surface area (Å²) in [4.78, 5) is 11.6. The molecule has 0 aliphatic carbocycles. The number of amides is 1. The Labute approximate surface area is 124 Å². The monoisotopic (exact) mass is 298 g/mol. The minimum atomic E-state index is -0.391. The Balaban J connectivity index is 2.64. The van der Waals surface area contributed by atoms with Crippen LogP contribution in [0.25, 0.3) is 0 Å². The van der Waals surface area contributed by atoms with E-state index >= 15 is 0 Å². The van der Waals surface area contributed by atoms with Crippen LogP contribution < -0.4 is 15.4 Å². The van der Waals surface area contributed by atoms with E-state index in [1.807, 2.05) is 13.8 Å². The summed E-state index contributed by atoms with van der Waals surface area (Å²) in [6.45, 7) is 5.44. The van der Waals surface area contributed by atoms with Gasteiger partial charge >= 0.3 is 0 Å². The van der Waals surface area contributed by atoms with Gasteiger partial charge < -0.3 is 20.1 Å². The zero-order valence-corrected chi connectivity index (χ0v) is 12.7. The highest BCUT2D eigenvalue weighted by Gasteiger charge is 2.13. The van der Waals surface area contributed by atoms with Crippen LogP contribution in [0.3, 0.4) is 0 Å². The predicted octanol–water partition coefficient (Wildman–Crippen LogP) is 1.64. The highest BCUT2D eigenvalue weighted by Crippen LogP contribution is 2.26. The van der Waals surface area contributed by atoms with E-state index < -0.39 is 5.82 Å². The summed E-state index contributed by atoms with van der Waals surface area (Å²) in [6.07, 6.45) is 0. The minimum Gasteiger partial charge on any atom is -0.483 e. The lowest BCUT2D eigenvalue weighted by Crippen LogP contribution is -2.31. The van der Waals surface area contributed by atoms with Crippen molar-refractivity contribution in [2.45, 2.75) is 19.9 Å². The largest absolute Gasteiger partial charge is 0.483 e. The van der Waals surface area contributed by atoms with Gasteiger partial charge in [0.25, 0.3) is 5.91 Å². The molecule has 0 aliphatic heterocycles. The summed E-state index contributed by atoms with van der Waals surface area (Å²) >= 11 is 0. The quantitative estimate of drug-likeness (QED) is 0.680. The molecule has 0 saturated carbocycles. The molecule has 2 N–H and O–H groups in total. The van der Waals surface area contributed by atoms with Crippen LogP contribution in [0.4, 0.5) is 4.39 Å². The van der Waals surface area contributed by atoms with Gasteiger partial charge in [-0.3, -0.25) is 4.79 Å². The van der Waals surface area contributed by atoms with Crippen LogP contribution in [0, 0.1) is 5.82 Å². The number of halogens is 1. The van der Waals surface area contributed by atoms with Crippen LogP contribution >= 0.6 is 0 Å². The molecule has 0 radical (unpaired) electrons. The molecule has 1 amide bonds. The third kappa shape index (κ3) is 6.10. The smallest absolute Gasteiger partial charge is 0.258 e. The van der Waals surface area contributed by atoms with Crippen LogP contribution in [-0.4, -0.2) is 39.3 Å². The molecular weight excluding hydrogens is 275 g/mol. The topological polar surface area (TPSA) is 59.6 Å². The minimum absolute atomic E-state index is 0.0159.